The van der Waals surface area contributed by atoms with E-state index in [2.05, 4.69) is 24.3 Å². The molecular formula is C22H23NO3. The molecule has 1 amide bonds. The van der Waals surface area contributed by atoms with Crippen molar-refractivity contribution in [3.63, 3.8) is 0 Å². The van der Waals surface area contributed by atoms with E-state index in [4.69, 9.17) is 0 Å². The van der Waals surface area contributed by atoms with Gasteiger partial charge in [0.2, 0.25) is 5.91 Å². The van der Waals surface area contributed by atoms with Crippen molar-refractivity contribution in [3.8, 4) is 0 Å². The summed E-state index contributed by atoms with van der Waals surface area (Å²) in [4.78, 5) is 25.9. The number of fused-ring (bicyclic) bond motifs is 2. The Morgan fingerprint density at radius 1 is 1.00 bits per heavy atom. The second-order valence-electron chi connectivity index (χ2n) is 7.44. The topological polar surface area (TPSA) is 57.6 Å². The van der Waals surface area contributed by atoms with E-state index < -0.39 is 5.97 Å². The molecule has 26 heavy (non-hydrogen) atoms. The molecule has 2 aliphatic rings. The van der Waals surface area contributed by atoms with Crippen LogP contribution in [0, 0.1) is 5.92 Å². The molecule has 0 radical (unpaired) electrons. The summed E-state index contributed by atoms with van der Waals surface area (Å²) in [5, 5.41) is 9.18. The van der Waals surface area contributed by atoms with Gasteiger partial charge in [-0.1, -0.05) is 30.3 Å². The monoisotopic (exact) mass is 349 g/mol. The number of nitrogens with zero attached hydrogens (tertiary/aromatic N) is 1. The summed E-state index contributed by atoms with van der Waals surface area (Å²) in [6, 6.07) is 13.8. The van der Waals surface area contributed by atoms with Gasteiger partial charge in [-0.05, 0) is 66.0 Å². The van der Waals surface area contributed by atoms with E-state index in [1.165, 1.54) is 11.1 Å². The lowest BCUT2D eigenvalue weighted by Crippen LogP contribution is -2.37. The number of benzene rings is 2. The largest absolute Gasteiger partial charge is 0.478 e. The second kappa shape index (κ2) is 6.94. The maximum absolute atomic E-state index is 12.8. The number of amides is 1. The number of rotatable bonds is 3. The van der Waals surface area contributed by atoms with Crippen LogP contribution in [0.15, 0.2) is 42.5 Å². The van der Waals surface area contributed by atoms with Gasteiger partial charge >= 0.3 is 5.97 Å². The van der Waals surface area contributed by atoms with Crippen molar-refractivity contribution < 1.29 is 14.7 Å². The maximum atomic E-state index is 12.8. The van der Waals surface area contributed by atoms with E-state index in [9.17, 15) is 14.7 Å². The Hall–Kier alpha value is -2.62. The molecule has 0 aromatic heterocycles. The Labute approximate surface area is 153 Å². The molecule has 1 unspecified atom stereocenters. The van der Waals surface area contributed by atoms with E-state index >= 15 is 0 Å². The van der Waals surface area contributed by atoms with Crippen molar-refractivity contribution in [2.24, 2.45) is 5.92 Å². The van der Waals surface area contributed by atoms with Gasteiger partial charge in [0.1, 0.15) is 0 Å². The zero-order valence-electron chi connectivity index (χ0n) is 14.8. The molecule has 1 aliphatic heterocycles. The van der Waals surface area contributed by atoms with Gasteiger partial charge in [0, 0.05) is 19.5 Å². The van der Waals surface area contributed by atoms with Crippen LogP contribution < -0.4 is 0 Å². The van der Waals surface area contributed by atoms with Crippen LogP contribution in [0.25, 0.3) is 0 Å². The first kappa shape index (κ1) is 16.8. The molecule has 0 spiro atoms. The normalized spacial score (nSPS) is 18.8. The number of hydrogen-bond acceptors (Lipinski definition) is 2. The highest BCUT2D eigenvalue weighted by Crippen LogP contribution is 2.29. The zero-order chi connectivity index (χ0) is 18.1. The standard InChI is InChI=1S/C22H23NO3/c24-21(12-15-5-6-16-3-1-2-4-18(16)11-15)23-10-9-17-7-8-19(22(25)26)13-20(17)14-23/h1-4,7-8,13,15H,5-6,9-12,14H2,(H,25,26). The average molecular weight is 349 g/mol. The van der Waals surface area contributed by atoms with E-state index in [1.54, 1.807) is 12.1 Å². The van der Waals surface area contributed by atoms with Crippen LogP contribution in [0.2, 0.25) is 0 Å². The molecule has 1 heterocycles. The molecule has 4 heteroatoms. The van der Waals surface area contributed by atoms with Crippen molar-refractivity contribution in [1.82, 2.24) is 4.90 Å². The molecule has 2 aromatic carbocycles. The molecule has 0 bridgehead atoms. The summed E-state index contributed by atoms with van der Waals surface area (Å²) in [6.07, 6.45) is 4.49. The number of aromatic carboxylic acids is 1. The van der Waals surface area contributed by atoms with Crippen molar-refractivity contribution in [3.05, 3.63) is 70.3 Å². The highest BCUT2D eigenvalue weighted by atomic mass is 16.4. The average Bonchev–Trinajstić information content (AvgIpc) is 2.67. The predicted molar refractivity (Wildman–Crippen MR) is 99.1 cm³/mol. The predicted octanol–water partition coefficient (Wildman–Crippen LogP) is 3.46. The quantitative estimate of drug-likeness (QED) is 0.923. The Balaban J connectivity index is 1.42. The van der Waals surface area contributed by atoms with E-state index in [0.29, 0.717) is 24.4 Å². The second-order valence-corrected chi connectivity index (χ2v) is 7.44. The van der Waals surface area contributed by atoms with Crippen LogP contribution in [-0.4, -0.2) is 28.4 Å². The molecule has 1 N–H and O–H groups in total. The van der Waals surface area contributed by atoms with Gasteiger partial charge in [0.25, 0.3) is 0 Å². The number of aryl methyl sites for hydroxylation is 1. The third-order valence-corrected chi connectivity index (χ3v) is 5.73. The first-order valence-electron chi connectivity index (χ1n) is 9.30. The SMILES string of the molecule is O=C(O)c1ccc2c(c1)CN(C(=O)CC1CCc3ccccc3C1)CC2. The Bertz CT molecular complexity index is 858. The Morgan fingerprint density at radius 2 is 1.77 bits per heavy atom. The number of carbonyl (C=O) groups excluding carboxylic acids is 1. The van der Waals surface area contributed by atoms with E-state index in [-0.39, 0.29) is 5.91 Å². The summed E-state index contributed by atoms with van der Waals surface area (Å²) in [5.74, 6) is -0.318. The molecule has 134 valence electrons. The van der Waals surface area contributed by atoms with Crippen LogP contribution in [0.4, 0.5) is 0 Å². The summed E-state index contributed by atoms with van der Waals surface area (Å²) in [5.41, 5.74) is 5.22. The number of hydrogen-bond donors (Lipinski definition) is 1. The van der Waals surface area contributed by atoms with Crippen LogP contribution in [0.1, 0.15) is 45.5 Å². The first-order valence-corrected chi connectivity index (χ1v) is 9.30. The lowest BCUT2D eigenvalue weighted by molar-refractivity contribution is -0.133. The van der Waals surface area contributed by atoms with Gasteiger partial charge < -0.3 is 10.0 Å². The fourth-order valence-electron chi connectivity index (χ4n) is 4.23. The minimum atomic E-state index is -0.919. The fourth-order valence-corrected chi connectivity index (χ4v) is 4.23. The molecule has 1 aliphatic carbocycles. The van der Waals surface area contributed by atoms with E-state index in [0.717, 1.165) is 43.4 Å². The molecular weight excluding hydrogens is 326 g/mol. The lowest BCUT2D eigenvalue weighted by Gasteiger charge is -2.31. The molecule has 2 aromatic rings. The van der Waals surface area contributed by atoms with Crippen LogP contribution >= 0.6 is 0 Å². The smallest absolute Gasteiger partial charge is 0.335 e. The van der Waals surface area contributed by atoms with Gasteiger partial charge in [-0.3, -0.25) is 4.79 Å². The van der Waals surface area contributed by atoms with Crippen LogP contribution in [-0.2, 0) is 30.6 Å². The van der Waals surface area contributed by atoms with Gasteiger partial charge in [0.15, 0.2) is 0 Å². The Kier molecular flexibility index (Phi) is 4.49. The molecule has 1 atom stereocenters. The van der Waals surface area contributed by atoms with Crippen LogP contribution in [0.5, 0.6) is 0 Å². The molecule has 4 rings (SSSR count). The maximum Gasteiger partial charge on any atom is 0.335 e. The van der Waals surface area contributed by atoms with Crippen molar-refractivity contribution in [2.45, 2.75) is 38.6 Å². The minimum Gasteiger partial charge on any atom is -0.478 e. The highest BCUT2D eigenvalue weighted by Gasteiger charge is 2.26. The van der Waals surface area contributed by atoms with Crippen molar-refractivity contribution >= 4 is 11.9 Å². The summed E-state index contributed by atoms with van der Waals surface area (Å²) >= 11 is 0. The number of carbonyl (C=O) groups is 2. The summed E-state index contributed by atoms with van der Waals surface area (Å²) in [6.45, 7) is 1.25. The van der Waals surface area contributed by atoms with Gasteiger partial charge in [-0.15, -0.1) is 0 Å². The molecule has 0 saturated heterocycles. The molecule has 4 nitrogen and oxygen atoms in total. The molecule has 0 saturated carbocycles. The van der Waals surface area contributed by atoms with Gasteiger partial charge in [-0.2, -0.15) is 0 Å². The molecule has 0 fully saturated rings. The lowest BCUT2D eigenvalue weighted by atomic mass is 9.82. The first-order chi connectivity index (χ1) is 12.6. The van der Waals surface area contributed by atoms with Crippen molar-refractivity contribution in [2.75, 3.05) is 6.54 Å². The van der Waals surface area contributed by atoms with Gasteiger partial charge in [0.05, 0.1) is 5.56 Å². The summed E-state index contributed by atoms with van der Waals surface area (Å²) in [7, 11) is 0. The van der Waals surface area contributed by atoms with E-state index in [1.807, 2.05) is 11.0 Å². The third-order valence-electron chi connectivity index (χ3n) is 5.73. The highest BCUT2D eigenvalue weighted by molar-refractivity contribution is 5.88. The van der Waals surface area contributed by atoms with Gasteiger partial charge in [-0.25, -0.2) is 4.79 Å². The van der Waals surface area contributed by atoms with Crippen LogP contribution in [0.3, 0.4) is 0 Å². The van der Waals surface area contributed by atoms with Crippen molar-refractivity contribution in [1.29, 1.82) is 0 Å². The number of carboxylic acids is 1. The fraction of sp³-hybridized carbons (Fsp3) is 0.364. The number of carboxylic acid groups (broad SMARTS) is 1. The Morgan fingerprint density at radius 3 is 2.58 bits per heavy atom. The third kappa shape index (κ3) is 3.36. The summed E-state index contributed by atoms with van der Waals surface area (Å²) < 4.78 is 0. The minimum absolute atomic E-state index is 0.195. The zero-order valence-corrected chi connectivity index (χ0v) is 14.8.